The average Bonchev–Trinajstić information content (AvgIpc) is 2.02. The van der Waals surface area contributed by atoms with Gasteiger partial charge in [-0.3, -0.25) is 4.79 Å². The van der Waals surface area contributed by atoms with Crippen molar-refractivity contribution in [1.82, 2.24) is 5.32 Å². The van der Waals surface area contributed by atoms with Crippen LogP contribution in [0.3, 0.4) is 0 Å². The van der Waals surface area contributed by atoms with Crippen LogP contribution in [0, 0.1) is 5.92 Å². The van der Waals surface area contributed by atoms with Crippen molar-refractivity contribution in [2.45, 2.75) is 46.1 Å². The van der Waals surface area contributed by atoms with Gasteiger partial charge in [-0.15, -0.1) is 0 Å². The highest BCUT2D eigenvalue weighted by Gasteiger charge is 2.22. The molecule has 0 aliphatic heterocycles. The summed E-state index contributed by atoms with van der Waals surface area (Å²) in [5, 5.41) is 2.96. The third kappa shape index (κ3) is 4.88. The lowest BCUT2D eigenvalue weighted by atomic mass is 9.98. The molecule has 0 fully saturated rings. The van der Waals surface area contributed by atoms with Crippen molar-refractivity contribution in [2.75, 3.05) is 6.54 Å². The van der Waals surface area contributed by atoms with Gasteiger partial charge in [0.2, 0.25) is 5.91 Å². The largest absolute Gasteiger partial charge is 0.350 e. The average molecular weight is 186 g/mol. The molecule has 0 heterocycles. The second-order valence-electron chi connectivity index (χ2n) is 4.26. The van der Waals surface area contributed by atoms with Gasteiger partial charge >= 0.3 is 0 Å². The molecular weight excluding hydrogens is 164 g/mol. The van der Waals surface area contributed by atoms with E-state index in [-0.39, 0.29) is 11.4 Å². The Morgan fingerprint density at radius 3 is 2.38 bits per heavy atom. The second-order valence-corrected chi connectivity index (χ2v) is 4.26. The van der Waals surface area contributed by atoms with Gasteiger partial charge in [-0.25, -0.2) is 0 Å². The van der Waals surface area contributed by atoms with E-state index < -0.39 is 0 Å². The van der Waals surface area contributed by atoms with Crippen molar-refractivity contribution in [3.8, 4) is 0 Å². The Kier molecular flexibility index (Phi) is 4.99. The Morgan fingerprint density at radius 1 is 1.54 bits per heavy atom. The van der Waals surface area contributed by atoms with Crippen molar-refractivity contribution in [3.05, 3.63) is 0 Å². The van der Waals surface area contributed by atoms with Crippen LogP contribution in [0.1, 0.15) is 40.5 Å². The number of nitrogens with two attached hydrogens (primary N) is 1. The van der Waals surface area contributed by atoms with Gasteiger partial charge in [-0.05, 0) is 19.3 Å². The number of carbonyl (C=O) groups is 1. The van der Waals surface area contributed by atoms with E-state index in [1.54, 1.807) is 0 Å². The topological polar surface area (TPSA) is 55.1 Å². The van der Waals surface area contributed by atoms with Gasteiger partial charge in [0, 0.05) is 18.5 Å². The number of hydrogen-bond acceptors (Lipinski definition) is 2. The molecule has 0 bridgehead atoms. The Balaban J connectivity index is 4.02. The fourth-order valence-corrected chi connectivity index (χ4v) is 1.04. The van der Waals surface area contributed by atoms with Crippen molar-refractivity contribution >= 4 is 5.91 Å². The second kappa shape index (κ2) is 5.22. The Hall–Kier alpha value is -0.570. The summed E-state index contributed by atoms with van der Waals surface area (Å²) < 4.78 is 0. The van der Waals surface area contributed by atoms with Crippen LogP contribution in [0.2, 0.25) is 0 Å². The molecule has 78 valence electrons. The van der Waals surface area contributed by atoms with Crippen molar-refractivity contribution in [2.24, 2.45) is 11.7 Å². The smallest absolute Gasteiger partial charge is 0.220 e. The van der Waals surface area contributed by atoms with E-state index in [9.17, 15) is 4.79 Å². The minimum Gasteiger partial charge on any atom is -0.350 e. The van der Waals surface area contributed by atoms with E-state index in [1.807, 2.05) is 27.7 Å². The van der Waals surface area contributed by atoms with Gasteiger partial charge in [-0.2, -0.15) is 0 Å². The maximum atomic E-state index is 11.4. The number of amides is 1. The van der Waals surface area contributed by atoms with E-state index >= 15 is 0 Å². The van der Waals surface area contributed by atoms with Crippen molar-refractivity contribution in [3.63, 3.8) is 0 Å². The maximum Gasteiger partial charge on any atom is 0.220 e. The van der Waals surface area contributed by atoms with Crippen LogP contribution in [0.15, 0.2) is 0 Å². The van der Waals surface area contributed by atoms with E-state index in [0.717, 1.165) is 6.42 Å². The molecule has 0 aromatic carbocycles. The fraction of sp³-hybridized carbons (Fsp3) is 0.900. The summed E-state index contributed by atoms with van der Waals surface area (Å²) in [6, 6.07) is 0. The third-order valence-electron chi connectivity index (χ3n) is 2.27. The lowest BCUT2D eigenvalue weighted by Crippen LogP contribution is -2.51. The van der Waals surface area contributed by atoms with Crippen molar-refractivity contribution < 1.29 is 4.79 Å². The summed E-state index contributed by atoms with van der Waals surface area (Å²) in [4.78, 5) is 11.4. The quantitative estimate of drug-likeness (QED) is 0.679. The molecule has 3 nitrogen and oxygen atoms in total. The first-order valence-electron chi connectivity index (χ1n) is 4.94. The Labute approximate surface area is 81.1 Å². The molecule has 0 aliphatic carbocycles. The number of hydrogen-bond donors (Lipinski definition) is 2. The van der Waals surface area contributed by atoms with Gasteiger partial charge in [0.05, 0.1) is 0 Å². The number of nitrogens with one attached hydrogen (secondary N) is 1. The molecule has 0 saturated heterocycles. The summed E-state index contributed by atoms with van der Waals surface area (Å²) in [6.07, 6.45) is 1.45. The molecule has 0 spiro atoms. The molecular formula is C10H22N2O. The fourth-order valence-electron chi connectivity index (χ4n) is 1.04. The minimum atomic E-state index is -0.230. The van der Waals surface area contributed by atoms with Gasteiger partial charge in [0.15, 0.2) is 0 Å². The van der Waals surface area contributed by atoms with Crippen LogP contribution in [0.5, 0.6) is 0 Å². The summed E-state index contributed by atoms with van der Waals surface area (Å²) in [7, 11) is 0. The highest BCUT2D eigenvalue weighted by molar-refractivity contribution is 5.76. The van der Waals surface area contributed by atoms with Crippen LogP contribution in [-0.4, -0.2) is 18.0 Å². The lowest BCUT2D eigenvalue weighted by molar-refractivity contribution is -0.123. The molecule has 0 aliphatic rings. The van der Waals surface area contributed by atoms with E-state index in [2.05, 4.69) is 5.32 Å². The first kappa shape index (κ1) is 12.4. The predicted octanol–water partition coefficient (Wildman–Crippen LogP) is 1.28. The van der Waals surface area contributed by atoms with E-state index in [1.165, 1.54) is 0 Å². The standard InChI is InChI=1S/C10H22N2O/c1-5-10(4,7-11)12-9(13)6-8(2)3/h8H,5-7,11H2,1-4H3,(H,12,13). The van der Waals surface area contributed by atoms with Crippen LogP contribution in [0.4, 0.5) is 0 Å². The number of carbonyl (C=O) groups excluding carboxylic acids is 1. The van der Waals surface area contributed by atoms with Gasteiger partial charge in [0.1, 0.15) is 0 Å². The monoisotopic (exact) mass is 186 g/mol. The zero-order valence-electron chi connectivity index (χ0n) is 9.18. The molecule has 0 radical (unpaired) electrons. The van der Waals surface area contributed by atoms with Crippen LogP contribution < -0.4 is 11.1 Å². The van der Waals surface area contributed by atoms with E-state index in [4.69, 9.17) is 5.73 Å². The highest BCUT2D eigenvalue weighted by atomic mass is 16.1. The molecule has 0 saturated carbocycles. The third-order valence-corrected chi connectivity index (χ3v) is 2.27. The zero-order valence-corrected chi connectivity index (χ0v) is 9.18. The first-order chi connectivity index (χ1) is 5.93. The molecule has 3 heteroatoms. The molecule has 1 atom stereocenters. The predicted molar refractivity (Wildman–Crippen MR) is 55.3 cm³/mol. The van der Waals surface area contributed by atoms with Crippen LogP contribution >= 0.6 is 0 Å². The summed E-state index contributed by atoms with van der Waals surface area (Å²) in [5.41, 5.74) is 5.35. The maximum absolute atomic E-state index is 11.4. The molecule has 1 unspecified atom stereocenters. The summed E-state index contributed by atoms with van der Waals surface area (Å²) in [6.45, 7) is 8.57. The molecule has 1 amide bonds. The zero-order chi connectivity index (χ0) is 10.5. The minimum absolute atomic E-state index is 0.102. The van der Waals surface area contributed by atoms with Crippen LogP contribution in [-0.2, 0) is 4.79 Å². The van der Waals surface area contributed by atoms with Gasteiger partial charge in [-0.1, -0.05) is 20.8 Å². The molecule has 0 rings (SSSR count). The molecule has 0 aromatic heterocycles. The summed E-state index contributed by atoms with van der Waals surface area (Å²) >= 11 is 0. The molecule has 0 aromatic rings. The Bertz CT molecular complexity index is 162. The highest BCUT2D eigenvalue weighted by Crippen LogP contribution is 2.08. The van der Waals surface area contributed by atoms with Gasteiger partial charge < -0.3 is 11.1 Å². The summed E-state index contributed by atoms with van der Waals surface area (Å²) in [5.74, 6) is 0.503. The molecule has 3 N–H and O–H groups in total. The SMILES string of the molecule is CCC(C)(CN)NC(=O)CC(C)C. The van der Waals surface area contributed by atoms with E-state index in [0.29, 0.717) is 18.9 Å². The molecule has 13 heavy (non-hydrogen) atoms. The normalized spacial score (nSPS) is 15.5. The first-order valence-corrected chi connectivity index (χ1v) is 4.94. The lowest BCUT2D eigenvalue weighted by Gasteiger charge is -2.28. The van der Waals surface area contributed by atoms with Crippen LogP contribution in [0.25, 0.3) is 0 Å². The number of rotatable bonds is 5. The van der Waals surface area contributed by atoms with Crippen molar-refractivity contribution in [1.29, 1.82) is 0 Å². The Morgan fingerprint density at radius 2 is 2.08 bits per heavy atom. The van der Waals surface area contributed by atoms with Gasteiger partial charge in [0.25, 0.3) is 0 Å².